The lowest BCUT2D eigenvalue weighted by atomic mass is 10.0. The molecule has 1 heterocycles. The number of rotatable bonds is 7. The van der Waals surface area contributed by atoms with Crippen molar-refractivity contribution < 1.29 is 4.79 Å². The molecule has 0 bridgehead atoms. The van der Waals surface area contributed by atoms with Gasteiger partial charge in [0.05, 0.1) is 10.6 Å². The summed E-state index contributed by atoms with van der Waals surface area (Å²) >= 11 is 1.42. The molecule has 2 rings (SSSR count). The quantitative estimate of drug-likeness (QED) is 0.458. The summed E-state index contributed by atoms with van der Waals surface area (Å²) < 4.78 is 0. The van der Waals surface area contributed by atoms with E-state index in [1.165, 1.54) is 24.2 Å². The number of nitrogens with zero attached hydrogens (tertiary/aromatic N) is 1. The van der Waals surface area contributed by atoms with Gasteiger partial charge in [-0.05, 0) is 29.9 Å². The molecule has 0 saturated heterocycles. The number of hydrogen-bond donors (Lipinski definition) is 1. The summed E-state index contributed by atoms with van der Waals surface area (Å²) in [6.07, 6.45) is 4.30. The Morgan fingerprint density at radius 2 is 1.95 bits per heavy atom. The van der Waals surface area contributed by atoms with Crippen molar-refractivity contribution in [3.63, 3.8) is 0 Å². The number of unbranched alkanes of at least 4 members (excludes halogenated alkanes) is 2. The molecule has 0 fully saturated rings. The van der Waals surface area contributed by atoms with E-state index in [0.717, 1.165) is 24.1 Å². The van der Waals surface area contributed by atoms with E-state index < -0.39 is 0 Å². The monoisotopic (exact) mass is 300 g/mol. The Hall–Kier alpha value is -1.94. The van der Waals surface area contributed by atoms with Gasteiger partial charge in [0.15, 0.2) is 0 Å². The minimum atomic E-state index is -0.145. The average Bonchev–Trinajstić information content (AvgIpc) is 3.06. The zero-order chi connectivity index (χ0) is 14.9. The summed E-state index contributed by atoms with van der Waals surface area (Å²) in [5.74, 6) is -0.145. The Bertz CT molecular complexity index is 576. The first-order valence-corrected chi connectivity index (χ1v) is 8.15. The van der Waals surface area contributed by atoms with E-state index in [9.17, 15) is 4.79 Å². The van der Waals surface area contributed by atoms with Crippen molar-refractivity contribution in [2.24, 2.45) is 5.10 Å². The van der Waals surface area contributed by atoms with Crippen LogP contribution in [0.1, 0.15) is 47.8 Å². The number of amides is 1. The maximum Gasteiger partial charge on any atom is 0.281 e. The number of hydrazone groups is 1. The molecule has 0 aliphatic carbocycles. The smallest absolute Gasteiger partial charge is 0.266 e. The summed E-state index contributed by atoms with van der Waals surface area (Å²) in [6.45, 7) is 2.18. The van der Waals surface area contributed by atoms with Gasteiger partial charge in [0, 0.05) is 0 Å². The molecule has 1 amide bonds. The standard InChI is InChI=1S/C17H20N2OS/c1-2-3-5-11-15(14-9-6-4-7-10-14)18-19-17(20)16-12-8-13-21-16/h4,6-10,12-13H,2-3,5,11H2,1H3,(H,19,20)/b18-15+. The van der Waals surface area contributed by atoms with Gasteiger partial charge in [0.25, 0.3) is 5.91 Å². The Balaban J connectivity index is 2.07. The first kappa shape index (κ1) is 15.4. The molecular formula is C17H20N2OS. The number of carbonyl (C=O) groups is 1. The minimum absolute atomic E-state index is 0.145. The van der Waals surface area contributed by atoms with Crippen molar-refractivity contribution in [1.29, 1.82) is 0 Å². The van der Waals surface area contributed by atoms with E-state index in [0.29, 0.717) is 4.88 Å². The lowest BCUT2D eigenvalue weighted by Crippen LogP contribution is -2.19. The second-order valence-corrected chi connectivity index (χ2v) is 5.75. The van der Waals surface area contributed by atoms with E-state index in [1.54, 1.807) is 6.07 Å². The van der Waals surface area contributed by atoms with Gasteiger partial charge < -0.3 is 0 Å². The van der Waals surface area contributed by atoms with Crippen molar-refractivity contribution in [1.82, 2.24) is 5.43 Å². The van der Waals surface area contributed by atoms with Crippen LogP contribution in [0.5, 0.6) is 0 Å². The van der Waals surface area contributed by atoms with Crippen LogP contribution in [0.25, 0.3) is 0 Å². The van der Waals surface area contributed by atoms with E-state index in [4.69, 9.17) is 0 Å². The topological polar surface area (TPSA) is 41.5 Å². The number of thiophene rings is 1. The molecule has 0 aliphatic heterocycles. The van der Waals surface area contributed by atoms with Crippen molar-refractivity contribution in [2.75, 3.05) is 0 Å². The summed E-state index contributed by atoms with van der Waals surface area (Å²) in [5.41, 5.74) is 4.68. The minimum Gasteiger partial charge on any atom is -0.266 e. The molecule has 0 saturated carbocycles. The Labute approximate surface area is 129 Å². The molecule has 1 aromatic carbocycles. The molecule has 3 nitrogen and oxygen atoms in total. The van der Waals surface area contributed by atoms with E-state index >= 15 is 0 Å². The van der Waals surface area contributed by atoms with Crippen LogP contribution in [-0.4, -0.2) is 11.6 Å². The molecule has 1 N–H and O–H groups in total. The first-order chi connectivity index (χ1) is 10.3. The lowest BCUT2D eigenvalue weighted by molar-refractivity contribution is 0.0959. The highest BCUT2D eigenvalue weighted by Crippen LogP contribution is 2.10. The fourth-order valence-corrected chi connectivity index (χ4v) is 2.63. The van der Waals surface area contributed by atoms with Crippen LogP contribution < -0.4 is 5.43 Å². The fraction of sp³-hybridized carbons (Fsp3) is 0.294. The van der Waals surface area contributed by atoms with Crippen molar-refractivity contribution in [3.05, 3.63) is 58.3 Å². The normalized spacial score (nSPS) is 11.4. The summed E-state index contributed by atoms with van der Waals surface area (Å²) in [5, 5.41) is 6.23. The molecule has 4 heteroatoms. The molecule has 110 valence electrons. The molecule has 0 aliphatic rings. The van der Waals surface area contributed by atoms with Crippen LogP contribution in [0.3, 0.4) is 0 Å². The highest BCUT2D eigenvalue weighted by atomic mass is 32.1. The van der Waals surface area contributed by atoms with Gasteiger partial charge in [0.1, 0.15) is 0 Å². The molecule has 0 unspecified atom stereocenters. The average molecular weight is 300 g/mol. The van der Waals surface area contributed by atoms with Crippen LogP contribution in [0, 0.1) is 0 Å². The van der Waals surface area contributed by atoms with Gasteiger partial charge in [-0.15, -0.1) is 11.3 Å². The second-order valence-electron chi connectivity index (χ2n) is 4.80. The van der Waals surface area contributed by atoms with Crippen LogP contribution in [0.4, 0.5) is 0 Å². The lowest BCUT2D eigenvalue weighted by Gasteiger charge is -2.07. The van der Waals surface area contributed by atoms with Crippen molar-refractivity contribution in [3.8, 4) is 0 Å². The molecule has 0 radical (unpaired) electrons. The van der Waals surface area contributed by atoms with E-state index in [1.807, 2.05) is 41.8 Å². The second kappa shape index (κ2) is 8.37. The maximum atomic E-state index is 12.0. The molecule has 2 aromatic rings. The molecule has 21 heavy (non-hydrogen) atoms. The Kier molecular flexibility index (Phi) is 6.16. The first-order valence-electron chi connectivity index (χ1n) is 7.27. The third-order valence-electron chi connectivity index (χ3n) is 3.16. The van der Waals surface area contributed by atoms with Crippen LogP contribution in [0.2, 0.25) is 0 Å². The number of carbonyl (C=O) groups excluding carboxylic acids is 1. The highest BCUT2D eigenvalue weighted by molar-refractivity contribution is 7.12. The third-order valence-corrected chi connectivity index (χ3v) is 4.03. The van der Waals surface area contributed by atoms with Crippen LogP contribution in [0.15, 0.2) is 52.9 Å². The zero-order valence-corrected chi connectivity index (χ0v) is 13.0. The van der Waals surface area contributed by atoms with Gasteiger partial charge in [-0.1, -0.05) is 56.2 Å². The summed E-state index contributed by atoms with van der Waals surface area (Å²) in [4.78, 5) is 12.6. The van der Waals surface area contributed by atoms with Crippen LogP contribution >= 0.6 is 11.3 Å². The van der Waals surface area contributed by atoms with Gasteiger partial charge >= 0.3 is 0 Å². The SMILES string of the molecule is CCCCC/C(=N\NC(=O)c1cccs1)c1ccccc1. The molecule has 0 atom stereocenters. The van der Waals surface area contributed by atoms with Gasteiger partial charge in [-0.2, -0.15) is 5.10 Å². The van der Waals surface area contributed by atoms with Gasteiger partial charge in [-0.25, -0.2) is 5.43 Å². The highest BCUT2D eigenvalue weighted by Gasteiger charge is 2.07. The Morgan fingerprint density at radius 3 is 2.62 bits per heavy atom. The molecular weight excluding hydrogens is 280 g/mol. The number of benzene rings is 1. The number of hydrogen-bond acceptors (Lipinski definition) is 3. The number of nitrogens with one attached hydrogen (secondary N) is 1. The van der Waals surface area contributed by atoms with E-state index in [2.05, 4.69) is 17.5 Å². The fourth-order valence-electron chi connectivity index (χ4n) is 2.02. The van der Waals surface area contributed by atoms with Gasteiger partial charge in [-0.3, -0.25) is 4.79 Å². The largest absolute Gasteiger partial charge is 0.281 e. The predicted octanol–water partition coefficient (Wildman–Crippen LogP) is 4.46. The van der Waals surface area contributed by atoms with Gasteiger partial charge in [0.2, 0.25) is 0 Å². The summed E-state index contributed by atoms with van der Waals surface area (Å²) in [7, 11) is 0. The third kappa shape index (κ3) is 4.83. The van der Waals surface area contributed by atoms with Crippen molar-refractivity contribution >= 4 is 23.0 Å². The van der Waals surface area contributed by atoms with E-state index in [-0.39, 0.29) is 5.91 Å². The Morgan fingerprint density at radius 1 is 1.14 bits per heavy atom. The maximum absolute atomic E-state index is 12.0. The summed E-state index contributed by atoms with van der Waals surface area (Å²) in [6, 6.07) is 13.7. The molecule has 1 aromatic heterocycles. The zero-order valence-electron chi connectivity index (χ0n) is 12.2. The van der Waals surface area contributed by atoms with Crippen molar-refractivity contribution in [2.45, 2.75) is 32.6 Å². The molecule has 0 spiro atoms. The predicted molar refractivity (Wildman–Crippen MR) is 88.9 cm³/mol. The van der Waals surface area contributed by atoms with Crippen LogP contribution in [-0.2, 0) is 0 Å².